The van der Waals surface area contributed by atoms with Crippen LogP contribution in [0.15, 0.2) is 71.2 Å². The van der Waals surface area contributed by atoms with Gasteiger partial charge in [-0.05, 0) is 253 Å². The Hall–Kier alpha value is -2.70. The summed E-state index contributed by atoms with van der Waals surface area (Å²) in [6.45, 7) is 5.25. The molecular formula is C61H82BrNO4. The normalized spacial score (nSPS) is 38.6. The minimum absolute atomic E-state index is 0.0115. The third-order valence-corrected chi connectivity index (χ3v) is 21.9. The van der Waals surface area contributed by atoms with Gasteiger partial charge in [0.05, 0.1) is 11.1 Å². The van der Waals surface area contributed by atoms with Gasteiger partial charge in [0, 0.05) is 22.6 Å². The lowest BCUT2D eigenvalue weighted by Gasteiger charge is -2.62. The Morgan fingerprint density at radius 1 is 0.522 bits per heavy atom. The van der Waals surface area contributed by atoms with E-state index in [1.54, 1.807) is 6.42 Å². The Kier molecular flexibility index (Phi) is 14.1. The van der Waals surface area contributed by atoms with Crippen LogP contribution in [0, 0.1) is 64.6 Å². The van der Waals surface area contributed by atoms with Crippen molar-refractivity contribution in [1.29, 1.82) is 0 Å². The van der Waals surface area contributed by atoms with Crippen molar-refractivity contribution in [2.75, 3.05) is 0 Å². The van der Waals surface area contributed by atoms with Crippen molar-refractivity contribution in [2.45, 2.75) is 205 Å². The molecule has 0 bridgehead atoms. The maximum Gasteiger partial charge on any atom is 0.338 e. The minimum Gasteiger partial charge on any atom is -0.459 e. The molecule has 8 aliphatic carbocycles. The number of carbonyl (C=O) groups is 2. The van der Waals surface area contributed by atoms with Crippen molar-refractivity contribution in [2.24, 2.45) is 64.6 Å². The highest BCUT2D eigenvalue weighted by atomic mass is 79.9. The Morgan fingerprint density at radius 3 is 1.63 bits per heavy atom. The van der Waals surface area contributed by atoms with Crippen LogP contribution in [0.2, 0.25) is 0 Å². The molecule has 0 radical (unpaired) electrons. The molecule has 0 heterocycles. The monoisotopic (exact) mass is 972 g/mol. The van der Waals surface area contributed by atoms with Crippen molar-refractivity contribution < 1.29 is 19.1 Å². The molecule has 0 N–H and O–H groups in total. The van der Waals surface area contributed by atoms with E-state index >= 15 is 0 Å². The van der Waals surface area contributed by atoms with E-state index in [1.165, 1.54) is 103 Å². The number of hydrogen-bond donors (Lipinski definition) is 0. The Bertz CT molecular complexity index is 2150. The molecule has 8 aliphatic rings. The molecule has 8 atom stereocenters. The maximum absolute atomic E-state index is 13.6. The van der Waals surface area contributed by atoms with Crippen molar-refractivity contribution in [3.05, 3.63) is 82.3 Å². The summed E-state index contributed by atoms with van der Waals surface area (Å²) in [6.07, 6.45) is 33.2. The fourth-order valence-electron chi connectivity index (χ4n) is 18.0. The fourth-order valence-corrected chi connectivity index (χ4v) is 18.2. The van der Waals surface area contributed by atoms with Gasteiger partial charge in [0.1, 0.15) is 12.2 Å². The highest BCUT2D eigenvalue weighted by Gasteiger charge is 2.56. The van der Waals surface area contributed by atoms with Crippen LogP contribution in [0.25, 0.3) is 10.8 Å². The van der Waals surface area contributed by atoms with Crippen molar-refractivity contribution in [3.63, 3.8) is 0 Å². The summed E-state index contributed by atoms with van der Waals surface area (Å²) in [6, 6.07) is 24.2. The SMILES string of the molecule is CC1CCC(N(C2CCC(C(C)(C3CCC(OC(=O)c4ccc(Br)cc4)CC3)C3CCC(OC(=O)c4ccc5ccccc5c4)CC3)CC2)C2CCC3CCC4CCCC5CCC2C3C45)CC1. The molecule has 8 unspecified atom stereocenters. The predicted octanol–water partition coefficient (Wildman–Crippen LogP) is 15.8. The topological polar surface area (TPSA) is 55.8 Å². The van der Waals surface area contributed by atoms with E-state index in [2.05, 4.69) is 46.8 Å². The van der Waals surface area contributed by atoms with Crippen LogP contribution in [0.5, 0.6) is 0 Å². The average molecular weight is 973 g/mol. The lowest BCUT2D eigenvalue weighted by Crippen LogP contribution is -2.61. The van der Waals surface area contributed by atoms with Crippen molar-refractivity contribution in [1.82, 2.24) is 4.90 Å². The minimum atomic E-state index is -0.186. The van der Waals surface area contributed by atoms with Crippen LogP contribution in [0.4, 0.5) is 0 Å². The van der Waals surface area contributed by atoms with Crippen LogP contribution in [-0.4, -0.2) is 47.2 Å². The summed E-state index contributed by atoms with van der Waals surface area (Å²) in [5.41, 5.74) is 1.52. The van der Waals surface area contributed by atoms with Crippen molar-refractivity contribution in [3.8, 4) is 0 Å². The zero-order valence-electron chi connectivity index (χ0n) is 41.1. The molecule has 8 saturated carbocycles. The molecule has 362 valence electrons. The second-order valence-corrected chi connectivity index (χ2v) is 25.3. The standard InChI is InChI=1S/C61H82BrNO4/c1-39-10-28-51(29-11-39)63(56-37-19-43-14-13-41-8-5-9-42-18-36-55(56)58(43)57(41)42)52-30-20-47(21-31-52)61(2,48-22-32-53(33-23-48)66-59(64)44-16-26-50(62)27-17-44)49-24-34-54(35-25-49)67-60(65)46-15-12-40-6-3-4-7-45(40)38-46/h3-4,6-7,12,15-17,26-27,38-39,41-43,47-49,51-58H,5,8-11,13-14,18-25,28-37H2,1-2H3. The number of esters is 2. The zero-order chi connectivity index (χ0) is 45.6. The molecule has 11 rings (SSSR count). The van der Waals surface area contributed by atoms with E-state index in [0.29, 0.717) is 28.9 Å². The lowest BCUT2D eigenvalue weighted by molar-refractivity contribution is -0.128. The number of halogens is 1. The van der Waals surface area contributed by atoms with E-state index in [9.17, 15) is 9.59 Å². The number of fused-ring (bicyclic) bond motifs is 1. The average Bonchev–Trinajstić information content (AvgIpc) is 3.37. The highest BCUT2D eigenvalue weighted by Crippen LogP contribution is 2.62. The molecule has 0 amide bonds. The first-order chi connectivity index (χ1) is 32.7. The first-order valence-corrected chi connectivity index (χ1v) is 28.9. The molecule has 8 fully saturated rings. The van der Waals surface area contributed by atoms with Crippen molar-refractivity contribution >= 4 is 38.6 Å². The van der Waals surface area contributed by atoms with E-state index in [4.69, 9.17) is 9.47 Å². The van der Waals surface area contributed by atoms with Gasteiger partial charge < -0.3 is 9.47 Å². The van der Waals surface area contributed by atoms with Gasteiger partial charge in [0.15, 0.2) is 0 Å². The number of hydrogen-bond acceptors (Lipinski definition) is 5. The van der Waals surface area contributed by atoms with E-state index in [-0.39, 0.29) is 29.6 Å². The highest BCUT2D eigenvalue weighted by molar-refractivity contribution is 9.10. The molecule has 0 spiro atoms. The zero-order valence-corrected chi connectivity index (χ0v) is 42.7. The second-order valence-electron chi connectivity index (χ2n) is 24.4. The van der Waals surface area contributed by atoms with Crippen LogP contribution < -0.4 is 0 Å². The van der Waals surface area contributed by atoms with E-state index < -0.39 is 0 Å². The quantitative estimate of drug-likeness (QED) is 0.190. The summed E-state index contributed by atoms with van der Waals surface area (Å²) >= 11 is 3.51. The third kappa shape index (κ3) is 9.49. The van der Waals surface area contributed by atoms with Crippen LogP contribution in [-0.2, 0) is 9.47 Å². The largest absolute Gasteiger partial charge is 0.459 e. The summed E-state index contributed by atoms with van der Waals surface area (Å²) < 4.78 is 13.5. The number of nitrogens with zero attached hydrogens (tertiary/aromatic N) is 1. The maximum atomic E-state index is 13.6. The predicted molar refractivity (Wildman–Crippen MR) is 274 cm³/mol. The smallest absolute Gasteiger partial charge is 0.338 e. The number of rotatable bonds is 10. The molecule has 0 aromatic heterocycles. The molecule has 3 aromatic carbocycles. The molecule has 5 nitrogen and oxygen atoms in total. The molecule has 0 aliphatic heterocycles. The van der Waals surface area contributed by atoms with Crippen LogP contribution in [0.1, 0.15) is 195 Å². The van der Waals surface area contributed by atoms with Gasteiger partial charge in [-0.3, -0.25) is 4.90 Å². The first kappa shape index (κ1) is 46.7. The first-order valence-electron chi connectivity index (χ1n) is 28.1. The summed E-state index contributed by atoms with van der Waals surface area (Å²) in [5.74, 6) is 8.59. The van der Waals surface area contributed by atoms with E-state index in [0.717, 1.165) is 126 Å². The van der Waals surface area contributed by atoms with Crippen LogP contribution in [0.3, 0.4) is 0 Å². The Morgan fingerprint density at radius 2 is 1.01 bits per heavy atom. The number of carbonyl (C=O) groups excluding carboxylic acids is 2. The molecular weight excluding hydrogens is 891 g/mol. The van der Waals surface area contributed by atoms with Gasteiger partial charge in [-0.1, -0.05) is 79.4 Å². The summed E-state index contributed by atoms with van der Waals surface area (Å²) in [4.78, 5) is 30.2. The van der Waals surface area contributed by atoms with Gasteiger partial charge in [0.25, 0.3) is 0 Å². The van der Waals surface area contributed by atoms with Gasteiger partial charge in [-0.15, -0.1) is 0 Å². The Balaban J connectivity index is 0.802. The third-order valence-electron chi connectivity index (χ3n) is 21.3. The number of ether oxygens (including phenoxy) is 2. The Labute approximate surface area is 412 Å². The summed E-state index contributed by atoms with van der Waals surface area (Å²) in [7, 11) is 0. The molecule has 3 aromatic rings. The fraction of sp³-hybridized carbons (Fsp3) is 0.705. The number of benzene rings is 3. The van der Waals surface area contributed by atoms with E-state index in [1.807, 2.05) is 54.6 Å². The van der Waals surface area contributed by atoms with Gasteiger partial charge in [-0.25, -0.2) is 9.59 Å². The molecule has 0 saturated heterocycles. The van der Waals surface area contributed by atoms with Gasteiger partial charge in [-0.2, -0.15) is 0 Å². The molecule has 6 heteroatoms. The molecule has 67 heavy (non-hydrogen) atoms. The summed E-state index contributed by atoms with van der Waals surface area (Å²) in [5, 5.41) is 2.23. The van der Waals surface area contributed by atoms with Gasteiger partial charge in [0.2, 0.25) is 0 Å². The van der Waals surface area contributed by atoms with Gasteiger partial charge >= 0.3 is 11.9 Å². The van der Waals surface area contributed by atoms with Crippen LogP contribution >= 0.6 is 15.9 Å². The lowest BCUT2D eigenvalue weighted by atomic mass is 9.47. The second kappa shape index (κ2) is 20.2.